The molecular weight excluding hydrogens is 224 g/mol. The minimum Gasteiger partial charge on any atom is -0.269 e. The summed E-state index contributed by atoms with van der Waals surface area (Å²) in [7, 11) is 0. The minimum atomic E-state index is -0.00120. The molecule has 0 atom stereocenters. The summed E-state index contributed by atoms with van der Waals surface area (Å²) in [5, 5.41) is 0. The number of fused-ring (bicyclic) bond motifs is 2. The molecule has 1 aliphatic rings. The van der Waals surface area contributed by atoms with Crippen molar-refractivity contribution in [1.29, 1.82) is 0 Å². The van der Waals surface area contributed by atoms with Crippen LogP contribution in [0, 0.1) is 0 Å². The fourth-order valence-corrected chi connectivity index (χ4v) is 2.72. The van der Waals surface area contributed by atoms with E-state index in [1.54, 1.807) is 4.40 Å². The second-order valence-corrected chi connectivity index (χ2v) is 6.06. The lowest BCUT2D eigenvalue weighted by Gasteiger charge is -2.21. The van der Waals surface area contributed by atoms with Gasteiger partial charge in [0.15, 0.2) is 0 Å². The van der Waals surface area contributed by atoms with E-state index in [9.17, 15) is 4.79 Å². The molecule has 2 aromatic heterocycles. The molecule has 0 saturated carbocycles. The number of aromatic nitrogens is 2. The third kappa shape index (κ3) is 1.57. The molecule has 0 unspecified atom stereocenters. The van der Waals surface area contributed by atoms with Gasteiger partial charge in [0, 0.05) is 17.3 Å². The molecule has 0 spiro atoms. The van der Waals surface area contributed by atoms with Crippen LogP contribution in [0.5, 0.6) is 0 Å². The zero-order valence-corrected chi connectivity index (χ0v) is 11.2. The van der Waals surface area contributed by atoms with E-state index >= 15 is 0 Å². The zero-order chi connectivity index (χ0) is 12.9. The molecule has 0 fully saturated rings. The first-order valence-electron chi connectivity index (χ1n) is 6.52. The molecule has 94 valence electrons. The second kappa shape index (κ2) is 3.67. The maximum absolute atomic E-state index is 12.4. The lowest BCUT2D eigenvalue weighted by atomic mass is 9.87. The molecule has 3 rings (SSSR count). The molecular formula is C15H18N2O. The summed E-state index contributed by atoms with van der Waals surface area (Å²) in [6, 6.07) is 4.02. The van der Waals surface area contributed by atoms with Crippen LogP contribution in [-0.2, 0) is 18.3 Å². The van der Waals surface area contributed by atoms with Crippen molar-refractivity contribution in [2.24, 2.45) is 0 Å². The monoisotopic (exact) mass is 242 g/mol. The molecule has 3 nitrogen and oxygen atoms in total. The van der Waals surface area contributed by atoms with E-state index in [-0.39, 0.29) is 11.0 Å². The summed E-state index contributed by atoms with van der Waals surface area (Å²) in [5.41, 5.74) is 4.01. The molecule has 0 saturated heterocycles. The van der Waals surface area contributed by atoms with Gasteiger partial charge in [-0.3, -0.25) is 9.20 Å². The van der Waals surface area contributed by atoms with Gasteiger partial charge in [0.2, 0.25) is 0 Å². The smallest absolute Gasteiger partial charge is 0.261 e. The molecule has 2 heterocycles. The predicted octanol–water partition coefficient (Wildman–Crippen LogP) is 2.48. The van der Waals surface area contributed by atoms with Gasteiger partial charge in [-0.2, -0.15) is 0 Å². The van der Waals surface area contributed by atoms with E-state index in [1.165, 1.54) is 0 Å². The Balaban J connectivity index is 2.43. The van der Waals surface area contributed by atoms with Crippen molar-refractivity contribution in [3.63, 3.8) is 0 Å². The zero-order valence-electron chi connectivity index (χ0n) is 11.2. The van der Waals surface area contributed by atoms with Crippen LogP contribution >= 0.6 is 0 Å². The van der Waals surface area contributed by atoms with E-state index in [4.69, 9.17) is 4.98 Å². The third-order valence-electron chi connectivity index (χ3n) is 3.68. The average Bonchev–Trinajstić information content (AvgIpc) is 2.75. The summed E-state index contributed by atoms with van der Waals surface area (Å²) in [4.78, 5) is 17.2. The van der Waals surface area contributed by atoms with Gasteiger partial charge >= 0.3 is 0 Å². The highest BCUT2D eigenvalue weighted by atomic mass is 16.1. The van der Waals surface area contributed by atoms with Crippen molar-refractivity contribution in [3.8, 4) is 0 Å². The van der Waals surface area contributed by atoms with Gasteiger partial charge in [0.1, 0.15) is 5.65 Å². The Morgan fingerprint density at radius 3 is 2.78 bits per heavy atom. The predicted molar refractivity (Wildman–Crippen MR) is 72.2 cm³/mol. The van der Waals surface area contributed by atoms with Gasteiger partial charge < -0.3 is 0 Å². The quantitative estimate of drug-likeness (QED) is 0.711. The van der Waals surface area contributed by atoms with Crippen LogP contribution in [0.3, 0.4) is 0 Å². The largest absolute Gasteiger partial charge is 0.269 e. The average molecular weight is 242 g/mol. The van der Waals surface area contributed by atoms with Crippen molar-refractivity contribution in [2.45, 2.75) is 45.4 Å². The standard InChI is InChI=1S/C15H18N2O/c1-15(2,3)11-7-5-9-17-13(11)16-12-8-4-6-10(12)14(17)18/h5,7,9H,4,6,8H2,1-3H3. The maximum atomic E-state index is 12.4. The van der Waals surface area contributed by atoms with Crippen LogP contribution in [0.25, 0.3) is 5.65 Å². The first-order chi connectivity index (χ1) is 8.48. The van der Waals surface area contributed by atoms with Crippen molar-refractivity contribution >= 4 is 5.65 Å². The van der Waals surface area contributed by atoms with Crippen molar-refractivity contribution < 1.29 is 0 Å². The van der Waals surface area contributed by atoms with Crippen molar-refractivity contribution in [2.75, 3.05) is 0 Å². The van der Waals surface area contributed by atoms with E-state index < -0.39 is 0 Å². The normalized spacial score (nSPS) is 15.1. The number of aryl methyl sites for hydroxylation is 1. The first kappa shape index (κ1) is 11.5. The summed E-state index contributed by atoms with van der Waals surface area (Å²) in [6.07, 6.45) is 4.71. The highest BCUT2D eigenvalue weighted by Gasteiger charge is 2.22. The van der Waals surface area contributed by atoms with E-state index in [1.807, 2.05) is 12.3 Å². The Hall–Kier alpha value is -1.64. The molecule has 2 aromatic rings. The number of pyridine rings is 1. The fourth-order valence-electron chi connectivity index (χ4n) is 2.72. The maximum Gasteiger partial charge on any atom is 0.261 e. The van der Waals surface area contributed by atoms with Crippen LogP contribution in [-0.4, -0.2) is 9.38 Å². The molecule has 1 aliphatic carbocycles. The van der Waals surface area contributed by atoms with Gasteiger partial charge in [0.25, 0.3) is 5.56 Å². The molecule has 18 heavy (non-hydrogen) atoms. The Morgan fingerprint density at radius 2 is 2.06 bits per heavy atom. The van der Waals surface area contributed by atoms with Gasteiger partial charge in [-0.15, -0.1) is 0 Å². The topological polar surface area (TPSA) is 34.4 Å². The first-order valence-corrected chi connectivity index (χ1v) is 6.52. The SMILES string of the molecule is CC(C)(C)c1cccn2c(=O)c3c(nc12)CCC3. The summed E-state index contributed by atoms with van der Waals surface area (Å²) >= 11 is 0. The molecule has 0 bridgehead atoms. The minimum absolute atomic E-state index is 0.00120. The fraction of sp³-hybridized carbons (Fsp3) is 0.467. The highest BCUT2D eigenvalue weighted by Crippen LogP contribution is 2.26. The molecule has 0 aliphatic heterocycles. The number of rotatable bonds is 0. The van der Waals surface area contributed by atoms with Gasteiger partial charge in [0.05, 0.1) is 5.69 Å². The van der Waals surface area contributed by atoms with Crippen LogP contribution in [0.2, 0.25) is 0 Å². The molecule has 0 amide bonds. The lowest BCUT2D eigenvalue weighted by molar-refractivity contribution is 0.590. The third-order valence-corrected chi connectivity index (χ3v) is 3.68. The lowest BCUT2D eigenvalue weighted by Crippen LogP contribution is -2.23. The van der Waals surface area contributed by atoms with Crippen LogP contribution in [0.1, 0.15) is 44.0 Å². The molecule has 0 radical (unpaired) electrons. The molecule has 0 aromatic carbocycles. The summed E-state index contributed by atoms with van der Waals surface area (Å²) < 4.78 is 1.71. The molecule has 3 heteroatoms. The van der Waals surface area contributed by atoms with Crippen LogP contribution < -0.4 is 5.56 Å². The summed E-state index contributed by atoms with van der Waals surface area (Å²) in [6.45, 7) is 6.46. The van der Waals surface area contributed by atoms with E-state index in [0.29, 0.717) is 0 Å². The van der Waals surface area contributed by atoms with Crippen molar-refractivity contribution in [3.05, 3.63) is 45.5 Å². The highest BCUT2D eigenvalue weighted by molar-refractivity contribution is 5.52. The Labute approximate surface area is 106 Å². The Morgan fingerprint density at radius 1 is 1.28 bits per heavy atom. The Kier molecular flexibility index (Phi) is 2.34. The van der Waals surface area contributed by atoms with Gasteiger partial charge in [-0.1, -0.05) is 26.8 Å². The molecule has 0 N–H and O–H groups in total. The number of nitrogens with zero attached hydrogens (tertiary/aromatic N) is 2. The van der Waals surface area contributed by atoms with E-state index in [0.717, 1.165) is 41.7 Å². The Bertz CT molecular complexity index is 677. The van der Waals surface area contributed by atoms with Crippen LogP contribution in [0.15, 0.2) is 23.1 Å². The summed E-state index contributed by atoms with van der Waals surface area (Å²) in [5.74, 6) is 0. The van der Waals surface area contributed by atoms with Crippen LogP contribution in [0.4, 0.5) is 0 Å². The number of hydrogen-bond acceptors (Lipinski definition) is 2. The van der Waals surface area contributed by atoms with Crippen molar-refractivity contribution in [1.82, 2.24) is 9.38 Å². The van der Waals surface area contributed by atoms with Gasteiger partial charge in [-0.05, 0) is 30.7 Å². The van der Waals surface area contributed by atoms with E-state index in [2.05, 4.69) is 26.8 Å². The van der Waals surface area contributed by atoms with Gasteiger partial charge in [-0.25, -0.2) is 4.98 Å². The second-order valence-electron chi connectivity index (χ2n) is 6.06. The number of hydrogen-bond donors (Lipinski definition) is 0.